The van der Waals surface area contributed by atoms with Crippen molar-refractivity contribution in [3.8, 4) is 0 Å². The Labute approximate surface area is 126 Å². The molecular formula is C14H24N2O2S2. The first-order chi connectivity index (χ1) is 9.37. The van der Waals surface area contributed by atoms with Gasteiger partial charge < -0.3 is 5.32 Å². The summed E-state index contributed by atoms with van der Waals surface area (Å²) in [5.41, 5.74) is 0.867. The summed E-state index contributed by atoms with van der Waals surface area (Å²) in [6, 6.07) is 0.0884. The number of rotatable bonds is 4. The van der Waals surface area contributed by atoms with E-state index in [1.165, 1.54) is 11.3 Å². The summed E-state index contributed by atoms with van der Waals surface area (Å²) < 4.78 is 27.7. The summed E-state index contributed by atoms with van der Waals surface area (Å²) in [7, 11) is -1.53. The first kappa shape index (κ1) is 15.9. The van der Waals surface area contributed by atoms with E-state index in [0.717, 1.165) is 23.3 Å². The zero-order valence-corrected chi connectivity index (χ0v) is 14.3. The lowest BCUT2D eigenvalue weighted by Crippen LogP contribution is -2.44. The molecule has 6 heteroatoms. The van der Waals surface area contributed by atoms with Gasteiger partial charge in [0.25, 0.3) is 0 Å². The van der Waals surface area contributed by atoms with Crippen molar-refractivity contribution in [2.24, 2.45) is 5.92 Å². The maximum atomic E-state index is 13.0. The average Bonchev–Trinajstić information content (AvgIpc) is 2.71. The van der Waals surface area contributed by atoms with E-state index in [1.54, 1.807) is 4.31 Å². The Hall–Kier alpha value is -0.430. The predicted octanol–water partition coefficient (Wildman–Crippen LogP) is 2.59. The fourth-order valence-corrected chi connectivity index (χ4v) is 6.41. The molecule has 1 fully saturated rings. The zero-order valence-electron chi connectivity index (χ0n) is 12.6. The molecule has 1 aromatic heterocycles. The lowest BCUT2D eigenvalue weighted by molar-refractivity contribution is 0.220. The van der Waals surface area contributed by atoms with E-state index < -0.39 is 10.0 Å². The van der Waals surface area contributed by atoms with Gasteiger partial charge in [0.05, 0.1) is 0 Å². The third-order valence-corrected chi connectivity index (χ3v) is 7.45. The third-order valence-electron chi connectivity index (χ3n) is 3.97. The fraction of sp³-hybridized carbons (Fsp3) is 0.714. The smallest absolute Gasteiger partial charge is 0.244 e. The van der Waals surface area contributed by atoms with Crippen LogP contribution >= 0.6 is 11.3 Å². The highest BCUT2D eigenvalue weighted by molar-refractivity contribution is 7.89. The Balaban J connectivity index is 2.37. The van der Waals surface area contributed by atoms with Crippen molar-refractivity contribution >= 4 is 21.4 Å². The highest BCUT2D eigenvalue weighted by atomic mass is 32.2. The maximum Gasteiger partial charge on any atom is 0.244 e. The largest absolute Gasteiger partial charge is 0.315 e. The number of hydrogen-bond acceptors (Lipinski definition) is 4. The van der Waals surface area contributed by atoms with Gasteiger partial charge in [-0.3, -0.25) is 0 Å². The van der Waals surface area contributed by atoms with Crippen molar-refractivity contribution in [2.45, 2.75) is 51.1 Å². The summed E-state index contributed by atoms with van der Waals surface area (Å²) in [6.07, 6.45) is 1.90. The lowest BCUT2D eigenvalue weighted by atomic mass is 9.95. The van der Waals surface area contributed by atoms with Gasteiger partial charge in [-0.1, -0.05) is 6.92 Å². The summed E-state index contributed by atoms with van der Waals surface area (Å²) >= 11 is 1.53. The Morgan fingerprint density at radius 1 is 1.45 bits per heavy atom. The van der Waals surface area contributed by atoms with Crippen LogP contribution in [0.3, 0.4) is 0 Å². The molecule has 0 spiro atoms. The van der Waals surface area contributed by atoms with E-state index in [-0.39, 0.29) is 6.04 Å². The molecule has 1 saturated heterocycles. The van der Waals surface area contributed by atoms with Gasteiger partial charge >= 0.3 is 0 Å². The SMILES string of the molecule is CNCc1scc(C)c1S(=O)(=O)N1CCC(C)CC1C. The average molecular weight is 316 g/mol. The minimum absolute atomic E-state index is 0.0884. The Kier molecular flexibility index (Phi) is 4.89. The van der Waals surface area contributed by atoms with E-state index in [1.807, 2.05) is 26.3 Å². The van der Waals surface area contributed by atoms with Gasteiger partial charge in [0, 0.05) is 24.0 Å². The van der Waals surface area contributed by atoms with Crippen LogP contribution in [0.5, 0.6) is 0 Å². The highest BCUT2D eigenvalue weighted by Crippen LogP contribution is 2.33. The fourth-order valence-electron chi connectivity index (χ4n) is 2.98. The molecule has 20 heavy (non-hydrogen) atoms. The van der Waals surface area contributed by atoms with Gasteiger partial charge in [-0.25, -0.2) is 8.42 Å². The highest BCUT2D eigenvalue weighted by Gasteiger charge is 2.35. The van der Waals surface area contributed by atoms with E-state index in [0.29, 0.717) is 23.9 Å². The third kappa shape index (κ3) is 2.93. The van der Waals surface area contributed by atoms with Crippen LogP contribution in [-0.4, -0.2) is 32.4 Å². The number of nitrogens with zero attached hydrogens (tertiary/aromatic N) is 1. The lowest BCUT2D eigenvalue weighted by Gasteiger charge is -2.35. The van der Waals surface area contributed by atoms with Crippen molar-refractivity contribution in [1.29, 1.82) is 0 Å². The number of thiophene rings is 1. The Morgan fingerprint density at radius 2 is 2.15 bits per heavy atom. The van der Waals surface area contributed by atoms with Crippen LogP contribution in [0.25, 0.3) is 0 Å². The van der Waals surface area contributed by atoms with Crippen LogP contribution < -0.4 is 5.32 Å². The Morgan fingerprint density at radius 3 is 2.75 bits per heavy atom. The summed E-state index contributed by atoms with van der Waals surface area (Å²) in [6.45, 7) is 7.35. The van der Waals surface area contributed by atoms with Gasteiger partial charge in [-0.2, -0.15) is 4.31 Å². The van der Waals surface area contributed by atoms with Gasteiger partial charge in [-0.15, -0.1) is 11.3 Å². The molecule has 2 atom stereocenters. The molecule has 0 amide bonds. The van der Waals surface area contributed by atoms with E-state index in [2.05, 4.69) is 12.2 Å². The molecule has 2 rings (SSSR count). The van der Waals surface area contributed by atoms with Crippen molar-refractivity contribution < 1.29 is 8.42 Å². The molecule has 0 saturated carbocycles. The molecule has 0 aromatic carbocycles. The van der Waals surface area contributed by atoms with Crippen LogP contribution in [0.4, 0.5) is 0 Å². The van der Waals surface area contributed by atoms with E-state index in [4.69, 9.17) is 0 Å². The molecule has 1 aromatic rings. The number of aryl methyl sites for hydroxylation is 1. The second-order valence-corrected chi connectivity index (χ2v) is 8.59. The number of hydrogen-bond donors (Lipinski definition) is 1. The predicted molar refractivity (Wildman–Crippen MR) is 83.6 cm³/mol. The van der Waals surface area contributed by atoms with Gasteiger partial charge in [-0.05, 0) is 50.6 Å². The molecule has 1 aliphatic rings. The second-order valence-electron chi connectivity index (χ2n) is 5.80. The van der Waals surface area contributed by atoms with Crippen molar-refractivity contribution in [3.63, 3.8) is 0 Å². The topological polar surface area (TPSA) is 49.4 Å². The quantitative estimate of drug-likeness (QED) is 0.929. The van der Waals surface area contributed by atoms with Crippen LogP contribution in [0.1, 0.15) is 37.1 Å². The van der Waals surface area contributed by atoms with Crippen LogP contribution in [0, 0.1) is 12.8 Å². The molecule has 0 radical (unpaired) electrons. The van der Waals surface area contributed by atoms with E-state index in [9.17, 15) is 8.42 Å². The van der Waals surface area contributed by atoms with E-state index >= 15 is 0 Å². The Bertz CT molecular complexity index is 566. The molecule has 0 aliphatic carbocycles. The monoisotopic (exact) mass is 316 g/mol. The minimum Gasteiger partial charge on any atom is -0.315 e. The minimum atomic E-state index is -3.37. The van der Waals surface area contributed by atoms with Crippen LogP contribution in [0.15, 0.2) is 10.3 Å². The van der Waals surface area contributed by atoms with Crippen molar-refractivity contribution in [2.75, 3.05) is 13.6 Å². The normalized spacial score (nSPS) is 25.0. The molecule has 0 bridgehead atoms. The van der Waals surface area contributed by atoms with Crippen LogP contribution in [-0.2, 0) is 16.6 Å². The summed E-state index contributed by atoms with van der Waals surface area (Å²) in [4.78, 5) is 1.44. The maximum absolute atomic E-state index is 13.0. The molecule has 1 N–H and O–H groups in total. The first-order valence-corrected chi connectivity index (χ1v) is 9.43. The van der Waals surface area contributed by atoms with Crippen molar-refractivity contribution in [3.05, 3.63) is 15.8 Å². The molecule has 1 aliphatic heterocycles. The number of nitrogens with one attached hydrogen (secondary N) is 1. The number of sulfonamides is 1. The number of piperidine rings is 1. The first-order valence-electron chi connectivity index (χ1n) is 7.11. The van der Waals surface area contributed by atoms with Crippen molar-refractivity contribution in [1.82, 2.24) is 9.62 Å². The van der Waals surface area contributed by atoms with Crippen LogP contribution in [0.2, 0.25) is 0 Å². The standard InChI is InChI=1S/C14H24N2O2S2/c1-10-5-6-16(12(3)7-10)20(17,18)14-11(2)9-19-13(14)8-15-4/h9-10,12,15H,5-8H2,1-4H3. The van der Waals surface area contributed by atoms with Gasteiger partial charge in [0.2, 0.25) is 10.0 Å². The second kappa shape index (κ2) is 6.13. The molecule has 2 unspecified atom stereocenters. The molecular weight excluding hydrogens is 292 g/mol. The van der Waals surface area contributed by atoms with Gasteiger partial charge in [0.1, 0.15) is 4.90 Å². The zero-order chi connectivity index (χ0) is 14.9. The summed E-state index contributed by atoms with van der Waals surface area (Å²) in [5.74, 6) is 0.608. The summed E-state index contributed by atoms with van der Waals surface area (Å²) in [5, 5.41) is 5.00. The molecule has 114 valence electrons. The molecule has 4 nitrogen and oxygen atoms in total. The molecule has 2 heterocycles. The van der Waals surface area contributed by atoms with Gasteiger partial charge in [0.15, 0.2) is 0 Å².